The molecule has 1 aliphatic heterocycles. The van der Waals surface area contributed by atoms with Crippen LogP contribution in [-0.4, -0.2) is 29.7 Å². The van der Waals surface area contributed by atoms with Crippen LogP contribution in [0.25, 0.3) is 0 Å². The smallest absolute Gasteiger partial charge is 0.220 e. The molecule has 1 amide bonds. The molecule has 2 atom stereocenters. The van der Waals surface area contributed by atoms with Crippen LogP contribution in [0, 0.1) is 34.5 Å². The number of amidine groups is 1. The van der Waals surface area contributed by atoms with E-state index in [4.69, 9.17) is 11.1 Å². The maximum atomic E-state index is 11.2. The van der Waals surface area contributed by atoms with E-state index >= 15 is 0 Å². The minimum absolute atomic E-state index is 0.0372. The molecule has 4 bridgehead atoms. The topological polar surface area (TPSA) is 70.2 Å². The molecule has 0 aromatic carbocycles. The lowest BCUT2D eigenvalue weighted by Crippen LogP contribution is -2.48. The van der Waals surface area contributed by atoms with E-state index in [1.807, 2.05) is 0 Å². The highest BCUT2D eigenvalue weighted by molar-refractivity contribution is 5.87. The number of carbonyl (C=O) groups is 1. The second-order valence-electron chi connectivity index (χ2n) is 7.27. The van der Waals surface area contributed by atoms with Crippen molar-refractivity contribution in [2.75, 3.05) is 13.1 Å². The van der Waals surface area contributed by atoms with Gasteiger partial charge >= 0.3 is 0 Å². The zero-order chi connectivity index (χ0) is 13.2. The summed E-state index contributed by atoms with van der Waals surface area (Å²) in [5.41, 5.74) is 5.62. The van der Waals surface area contributed by atoms with Crippen molar-refractivity contribution in [3.8, 4) is 0 Å². The van der Waals surface area contributed by atoms with Gasteiger partial charge in [0.15, 0.2) is 0 Å². The molecule has 104 valence electrons. The van der Waals surface area contributed by atoms with E-state index in [1.165, 1.54) is 25.7 Å². The summed E-state index contributed by atoms with van der Waals surface area (Å²) in [6.07, 6.45) is 6.99. The Bertz CT molecular complexity index is 425. The average Bonchev–Trinajstić information content (AvgIpc) is 3.11. The quantitative estimate of drug-likeness (QED) is 0.585. The standard InChI is InChI=1S/C15H23N3O/c16-13(19)9-1-3-18(4-2-9)14(17)15-7-10-5-12(15)6-11(10)8-15/h9-12,17H,1-8H2,(H2,16,19). The summed E-state index contributed by atoms with van der Waals surface area (Å²) in [7, 11) is 0. The molecule has 5 aliphatic rings. The molecule has 4 nitrogen and oxygen atoms in total. The first-order valence-corrected chi connectivity index (χ1v) is 7.73. The van der Waals surface area contributed by atoms with Gasteiger partial charge in [-0.25, -0.2) is 0 Å². The molecule has 19 heavy (non-hydrogen) atoms. The Morgan fingerprint density at radius 2 is 1.74 bits per heavy atom. The molecule has 4 aliphatic carbocycles. The number of rotatable bonds is 2. The predicted octanol–water partition coefficient (Wildman–Crippen LogP) is 1.60. The third-order valence-electron chi connectivity index (χ3n) is 6.56. The zero-order valence-electron chi connectivity index (χ0n) is 11.4. The average molecular weight is 261 g/mol. The summed E-state index contributed by atoms with van der Waals surface area (Å²) < 4.78 is 0. The summed E-state index contributed by atoms with van der Waals surface area (Å²) in [5, 5.41) is 8.70. The fraction of sp³-hybridized carbons (Fsp3) is 0.867. The van der Waals surface area contributed by atoms with Gasteiger partial charge in [0.25, 0.3) is 0 Å². The lowest BCUT2D eigenvalue weighted by molar-refractivity contribution is -0.122. The van der Waals surface area contributed by atoms with Gasteiger partial charge < -0.3 is 10.6 Å². The third kappa shape index (κ3) is 1.46. The molecule has 0 aromatic rings. The highest BCUT2D eigenvalue weighted by Gasteiger charge is 2.65. The van der Waals surface area contributed by atoms with Gasteiger partial charge in [-0.05, 0) is 56.3 Å². The molecule has 4 saturated carbocycles. The van der Waals surface area contributed by atoms with Crippen LogP contribution in [-0.2, 0) is 4.79 Å². The summed E-state index contributed by atoms with van der Waals surface area (Å²) in [4.78, 5) is 13.5. The van der Waals surface area contributed by atoms with Crippen molar-refractivity contribution in [1.29, 1.82) is 5.41 Å². The number of nitrogens with zero attached hydrogens (tertiary/aromatic N) is 1. The van der Waals surface area contributed by atoms with E-state index in [0.29, 0.717) is 0 Å². The van der Waals surface area contributed by atoms with E-state index < -0.39 is 0 Å². The SMILES string of the molecule is N=C(N1CCC(C(N)=O)CC1)C12CC3CC1CC3C2. The zero-order valence-corrected chi connectivity index (χ0v) is 11.4. The molecular formula is C15H23N3O. The fourth-order valence-electron chi connectivity index (χ4n) is 5.60. The van der Waals surface area contributed by atoms with Crippen molar-refractivity contribution < 1.29 is 4.79 Å². The number of nitrogens with one attached hydrogen (secondary N) is 1. The van der Waals surface area contributed by atoms with Crippen LogP contribution in [0.3, 0.4) is 0 Å². The number of likely N-dealkylation sites (tertiary alicyclic amines) is 1. The van der Waals surface area contributed by atoms with Crippen molar-refractivity contribution in [3.63, 3.8) is 0 Å². The lowest BCUT2D eigenvalue weighted by atomic mass is 9.78. The molecular weight excluding hydrogens is 238 g/mol. The van der Waals surface area contributed by atoms with Crippen LogP contribution in [0.4, 0.5) is 0 Å². The molecule has 1 saturated heterocycles. The lowest BCUT2D eigenvalue weighted by Gasteiger charge is -2.40. The van der Waals surface area contributed by atoms with Crippen LogP contribution in [0.15, 0.2) is 0 Å². The second-order valence-corrected chi connectivity index (χ2v) is 7.27. The van der Waals surface area contributed by atoms with Gasteiger partial charge in [-0.1, -0.05) is 0 Å². The molecule has 1 heterocycles. The van der Waals surface area contributed by atoms with Crippen molar-refractivity contribution >= 4 is 11.7 Å². The van der Waals surface area contributed by atoms with Gasteiger partial charge in [0, 0.05) is 24.4 Å². The van der Waals surface area contributed by atoms with E-state index in [2.05, 4.69) is 4.90 Å². The summed E-state index contributed by atoms with van der Waals surface area (Å²) >= 11 is 0. The number of nitrogens with two attached hydrogens (primary N) is 1. The van der Waals surface area contributed by atoms with Crippen LogP contribution in [0.1, 0.15) is 38.5 Å². The van der Waals surface area contributed by atoms with Crippen molar-refractivity contribution in [2.45, 2.75) is 38.5 Å². The highest BCUT2D eigenvalue weighted by atomic mass is 16.1. The highest BCUT2D eigenvalue weighted by Crippen LogP contribution is 2.70. The molecule has 5 rings (SSSR count). The normalized spacial score (nSPS) is 44.2. The maximum Gasteiger partial charge on any atom is 0.220 e. The Morgan fingerprint density at radius 1 is 1.16 bits per heavy atom. The molecule has 5 fully saturated rings. The Labute approximate surface area is 114 Å². The number of hydrogen-bond acceptors (Lipinski definition) is 2. The Balaban J connectivity index is 1.47. The summed E-state index contributed by atoms with van der Waals surface area (Å²) in [5.74, 6) is 3.43. The van der Waals surface area contributed by atoms with Crippen molar-refractivity contribution in [3.05, 3.63) is 0 Å². The Kier molecular flexibility index (Phi) is 2.31. The monoisotopic (exact) mass is 261 g/mol. The van der Waals surface area contributed by atoms with Crippen LogP contribution in [0.5, 0.6) is 0 Å². The van der Waals surface area contributed by atoms with Crippen molar-refractivity contribution in [1.82, 2.24) is 4.90 Å². The van der Waals surface area contributed by atoms with Crippen molar-refractivity contribution in [2.24, 2.45) is 34.8 Å². The first-order chi connectivity index (χ1) is 9.10. The van der Waals surface area contributed by atoms with Gasteiger partial charge in [-0.3, -0.25) is 10.2 Å². The van der Waals surface area contributed by atoms with Crippen LogP contribution < -0.4 is 5.73 Å². The Morgan fingerprint density at radius 3 is 2.16 bits per heavy atom. The Hall–Kier alpha value is -1.06. The van der Waals surface area contributed by atoms with Crippen LogP contribution in [0.2, 0.25) is 0 Å². The van der Waals surface area contributed by atoms with E-state index in [0.717, 1.165) is 49.5 Å². The molecule has 0 spiro atoms. The maximum absolute atomic E-state index is 11.2. The largest absolute Gasteiger partial charge is 0.369 e. The number of piperidine rings is 1. The first-order valence-electron chi connectivity index (χ1n) is 7.73. The summed E-state index contributed by atoms with van der Waals surface area (Å²) in [6.45, 7) is 1.71. The molecule has 4 heteroatoms. The van der Waals surface area contributed by atoms with E-state index in [-0.39, 0.29) is 17.2 Å². The molecule has 0 aromatic heterocycles. The first kappa shape index (κ1) is 11.7. The van der Waals surface area contributed by atoms with Gasteiger partial charge in [-0.2, -0.15) is 0 Å². The molecule has 2 unspecified atom stereocenters. The minimum Gasteiger partial charge on any atom is -0.369 e. The predicted molar refractivity (Wildman–Crippen MR) is 72.6 cm³/mol. The van der Waals surface area contributed by atoms with Gasteiger partial charge in [0.2, 0.25) is 5.91 Å². The third-order valence-corrected chi connectivity index (χ3v) is 6.56. The number of primary amides is 1. The number of hydrogen-bond donors (Lipinski definition) is 2. The minimum atomic E-state index is -0.159. The van der Waals surface area contributed by atoms with Gasteiger partial charge in [0.1, 0.15) is 5.84 Å². The summed E-state index contributed by atoms with van der Waals surface area (Å²) in [6, 6.07) is 0. The van der Waals surface area contributed by atoms with Gasteiger partial charge in [-0.15, -0.1) is 0 Å². The molecule has 0 radical (unpaired) electrons. The fourth-order valence-corrected chi connectivity index (χ4v) is 5.60. The second kappa shape index (κ2) is 3.74. The van der Waals surface area contributed by atoms with Gasteiger partial charge in [0.05, 0.1) is 0 Å². The number of carbonyl (C=O) groups excluding carboxylic acids is 1. The van der Waals surface area contributed by atoms with E-state index in [1.54, 1.807) is 0 Å². The van der Waals surface area contributed by atoms with E-state index in [9.17, 15) is 4.79 Å². The molecule has 3 N–H and O–H groups in total. The number of amides is 1. The van der Waals surface area contributed by atoms with Crippen LogP contribution >= 0.6 is 0 Å².